The number of carbonyl (C=O) groups is 1. The van der Waals surface area contributed by atoms with Gasteiger partial charge in [0.25, 0.3) is 0 Å². The second-order valence-corrected chi connectivity index (χ2v) is 4.60. The molecular weight excluding hydrogens is 263 g/mol. The van der Waals surface area contributed by atoms with Gasteiger partial charge in [-0.2, -0.15) is 0 Å². The third-order valence-electron chi connectivity index (χ3n) is 2.34. The number of carbonyl (C=O) groups excluding carboxylic acids is 1. The molecule has 0 bridgehead atoms. The lowest BCUT2D eigenvalue weighted by Gasteiger charge is -2.25. The Bertz CT molecular complexity index is 400. The SMILES string of the molecule is O=C(Nc1cc(Cl)cc(Cl)c1)N1CCCCO1. The number of halogens is 2. The fourth-order valence-corrected chi connectivity index (χ4v) is 2.09. The standard InChI is InChI=1S/C11H12Cl2N2O2/c12-8-5-9(13)7-10(6-8)14-11(16)15-3-1-2-4-17-15/h5-7H,1-4H2,(H,14,16). The highest BCUT2D eigenvalue weighted by molar-refractivity contribution is 6.35. The summed E-state index contributed by atoms with van der Waals surface area (Å²) in [5.74, 6) is 0. The molecule has 1 aromatic carbocycles. The van der Waals surface area contributed by atoms with Gasteiger partial charge in [-0.05, 0) is 31.0 Å². The number of rotatable bonds is 1. The number of nitrogens with zero attached hydrogens (tertiary/aromatic N) is 1. The van der Waals surface area contributed by atoms with Gasteiger partial charge in [0.15, 0.2) is 0 Å². The number of amides is 2. The summed E-state index contributed by atoms with van der Waals surface area (Å²) < 4.78 is 0. The van der Waals surface area contributed by atoms with Crippen LogP contribution in [0.2, 0.25) is 10.0 Å². The van der Waals surface area contributed by atoms with Gasteiger partial charge in [-0.25, -0.2) is 9.86 Å². The summed E-state index contributed by atoms with van der Waals surface area (Å²) in [5, 5.41) is 4.96. The van der Waals surface area contributed by atoms with E-state index in [1.54, 1.807) is 18.2 Å². The second-order valence-electron chi connectivity index (χ2n) is 3.73. The minimum absolute atomic E-state index is 0.303. The van der Waals surface area contributed by atoms with Crippen LogP contribution in [0.3, 0.4) is 0 Å². The van der Waals surface area contributed by atoms with E-state index in [9.17, 15) is 4.79 Å². The normalized spacial score (nSPS) is 15.8. The molecule has 0 spiro atoms. The summed E-state index contributed by atoms with van der Waals surface area (Å²) in [6, 6.07) is 4.57. The first-order valence-corrected chi connectivity index (χ1v) is 6.08. The molecule has 1 heterocycles. The van der Waals surface area contributed by atoms with Gasteiger partial charge in [-0.3, -0.25) is 4.84 Å². The first kappa shape index (κ1) is 12.5. The molecule has 0 atom stereocenters. The Labute approximate surface area is 109 Å². The molecular formula is C11H12Cl2N2O2. The van der Waals surface area contributed by atoms with E-state index in [2.05, 4.69) is 5.32 Å². The van der Waals surface area contributed by atoms with Crippen molar-refractivity contribution in [2.75, 3.05) is 18.5 Å². The summed E-state index contributed by atoms with van der Waals surface area (Å²) in [7, 11) is 0. The van der Waals surface area contributed by atoms with Crippen LogP contribution in [-0.2, 0) is 4.84 Å². The van der Waals surface area contributed by atoms with Crippen molar-refractivity contribution in [3.05, 3.63) is 28.2 Å². The van der Waals surface area contributed by atoms with Crippen LogP contribution >= 0.6 is 23.2 Å². The van der Waals surface area contributed by atoms with E-state index in [0.29, 0.717) is 28.9 Å². The van der Waals surface area contributed by atoms with Crippen molar-refractivity contribution in [1.82, 2.24) is 5.06 Å². The molecule has 0 radical (unpaired) electrons. The molecule has 6 heteroatoms. The van der Waals surface area contributed by atoms with Crippen LogP contribution in [0, 0.1) is 0 Å². The Morgan fingerprint density at radius 3 is 2.53 bits per heavy atom. The Morgan fingerprint density at radius 1 is 1.24 bits per heavy atom. The Kier molecular flexibility index (Phi) is 4.10. The molecule has 1 aliphatic heterocycles. The summed E-state index contributed by atoms with van der Waals surface area (Å²) in [5.41, 5.74) is 0.557. The van der Waals surface area contributed by atoms with Gasteiger partial charge in [0.05, 0.1) is 13.2 Å². The summed E-state index contributed by atoms with van der Waals surface area (Å²) >= 11 is 11.7. The topological polar surface area (TPSA) is 41.6 Å². The van der Waals surface area contributed by atoms with E-state index in [1.807, 2.05) is 0 Å². The van der Waals surface area contributed by atoms with E-state index in [0.717, 1.165) is 12.8 Å². The molecule has 0 aliphatic carbocycles. The quantitative estimate of drug-likeness (QED) is 0.851. The number of nitrogens with one attached hydrogen (secondary N) is 1. The van der Waals surface area contributed by atoms with Crippen LogP contribution in [-0.4, -0.2) is 24.2 Å². The van der Waals surface area contributed by atoms with Crippen molar-refractivity contribution in [3.8, 4) is 0 Å². The molecule has 2 rings (SSSR count). The van der Waals surface area contributed by atoms with Gasteiger partial charge in [0.1, 0.15) is 0 Å². The Morgan fingerprint density at radius 2 is 1.94 bits per heavy atom. The van der Waals surface area contributed by atoms with Gasteiger partial charge in [0.2, 0.25) is 0 Å². The second kappa shape index (κ2) is 5.58. The maximum absolute atomic E-state index is 11.8. The van der Waals surface area contributed by atoms with E-state index >= 15 is 0 Å². The lowest BCUT2D eigenvalue weighted by atomic mass is 10.3. The zero-order valence-corrected chi connectivity index (χ0v) is 10.6. The average Bonchev–Trinajstić information content (AvgIpc) is 2.28. The molecule has 1 aliphatic rings. The van der Waals surface area contributed by atoms with Crippen LogP contribution in [0.15, 0.2) is 18.2 Å². The third-order valence-corrected chi connectivity index (χ3v) is 2.78. The van der Waals surface area contributed by atoms with E-state index in [4.69, 9.17) is 28.0 Å². The molecule has 1 fully saturated rings. The van der Waals surface area contributed by atoms with Crippen LogP contribution in [0.25, 0.3) is 0 Å². The predicted octanol–water partition coefficient (Wildman–Crippen LogP) is 3.55. The third kappa shape index (κ3) is 3.49. The first-order chi connectivity index (χ1) is 8.15. The average molecular weight is 275 g/mol. The summed E-state index contributed by atoms with van der Waals surface area (Å²) in [6.07, 6.45) is 1.93. The molecule has 1 N–H and O–H groups in total. The molecule has 0 saturated carbocycles. The molecule has 2 amide bonds. The summed E-state index contributed by atoms with van der Waals surface area (Å²) in [4.78, 5) is 17.0. The number of hydrogen-bond acceptors (Lipinski definition) is 2. The molecule has 1 aromatic rings. The smallest absolute Gasteiger partial charge is 0.306 e. The molecule has 1 saturated heterocycles. The van der Waals surface area contributed by atoms with Gasteiger partial charge < -0.3 is 5.32 Å². The summed E-state index contributed by atoms with van der Waals surface area (Å²) in [6.45, 7) is 1.17. The number of hydrogen-bond donors (Lipinski definition) is 1. The van der Waals surface area contributed by atoms with Gasteiger partial charge in [-0.15, -0.1) is 0 Å². The van der Waals surface area contributed by atoms with Crippen LogP contribution in [0.5, 0.6) is 0 Å². The van der Waals surface area contributed by atoms with Gasteiger partial charge in [0, 0.05) is 15.7 Å². The lowest BCUT2D eigenvalue weighted by molar-refractivity contribution is -0.135. The number of hydroxylamine groups is 2. The van der Waals surface area contributed by atoms with Crippen LogP contribution in [0.1, 0.15) is 12.8 Å². The van der Waals surface area contributed by atoms with Crippen molar-refractivity contribution in [1.29, 1.82) is 0 Å². The Hall–Kier alpha value is -0.970. The highest BCUT2D eigenvalue weighted by Crippen LogP contribution is 2.22. The predicted molar refractivity (Wildman–Crippen MR) is 67.4 cm³/mol. The van der Waals surface area contributed by atoms with Crippen LogP contribution in [0.4, 0.5) is 10.5 Å². The maximum Gasteiger partial charge on any atom is 0.345 e. The molecule has 0 unspecified atom stereocenters. The molecule has 4 nitrogen and oxygen atoms in total. The number of anilines is 1. The van der Waals surface area contributed by atoms with Crippen molar-refractivity contribution in [2.24, 2.45) is 0 Å². The van der Waals surface area contributed by atoms with Crippen molar-refractivity contribution in [3.63, 3.8) is 0 Å². The minimum Gasteiger partial charge on any atom is -0.306 e. The fraction of sp³-hybridized carbons (Fsp3) is 0.364. The zero-order chi connectivity index (χ0) is 12.3. The van der Waals surface area contributed by atoms with Crippen molar-refractivity contribution in [2.45, 2.75) is 12.8 Å². The molecule has 92 valence electrons. The monoisotopic (exact) mass is 274 g/mol. The minimum atomic E-state index is -0.303. The fourth-order valence-electron chi connectivity index (χ4n) is 1.57. The molecule has 17 heavy (non-hydrogen) atoms. The van der Waals surface area contributed by atoms with Crippen LogP contribution < -0.4 is 5.32 Å². The first-order valence-electron chi connectivity index (χ1n) is 5.33. The van der Waals surface area contributed by atoms with Gasteiger partial charge in [-0.1, -0.05) is 23.2 Å². The van der Waals surface area contributed by atoms with E-state index < -0.39 is 0 Å². The molecule has 0 aromatic heterocycles. The van der Waals surface area contributed by atoms with E-state index in [-0.39, 0.29) is 6.03 Å². The highest BCUT2D eigenvalue weighted by Gasteiger charge is 2.17. The maximum atomic E-state index is 11.8. The lowest BCUT2D eigenvalue weighted by Crippen LogP contribution is -2.38. The van der Waals surface area contributed by atoms with Gasteiger partial charge >= 0.3 is 6.03 Å². The largest absolute Gasteiger partial charge is 0.345 e. The van der Waals surface area contributed by atoms with Crippen molar-refractivity contribution >= 4 is 34.9 Å². The zero-order valence-electron chi connectivity index (χ0n) is 9.08. The Balaban J connectivity index is 2.01. The highest BCUT2D eigenvalue weighted by atomic mass is 35.5. The number of benzene rings is 1. The number of urea groups is 1. The van der Waals surface area contributed by atoms with E-state index in [1.165, 1.54) is 5.06 Å². The van der Waals surface area contributed by atoms with Crippen molar-refractivity contribution < 1.29 is 9.63 Å².